The first-order chi connectivity index (χ1) is 13.7. The van der Waals surface area contributed by atoms with Gasteiger partial charge >= 0.3 is 0 Å². The summed E-state index contributed by atoms with van der Waals surface area (Å²) in [5.74, 6) is -0.0328. The molecule has 0 bridgehead atoms. The zero-order valence-corrected chi connectivity index (χ0v) is 18.8. The lowest BCUT2D eigenvalue weighted by atomic mass is 10.1. The van der Waals surface area contributed by atoms with Crippen molar-refractivity contribution in [2.75, 3.05) is 19.3 Å². The molecule has 8 nitrogen and oxygen atoms in total. The zero-order valence-electron chi connectivity index (χ0n) is 18.0. The number of hydrogen-bond donors (Lipinski definition) is 0. The summed E-state index contributed by atoms with van der Waals surface area (Å²) in [6.45, 7) is 11.4. The Morgan fingerprint density at radius 2 is 1.93 bits per heavy atom. The summed E-state index contributed by atoms with van der Waals surface area (Å²) in [6, 6.07) is 3.69. The molecule has 0 N–H and O–H groups in total. The Kier molecular flexibility index (Phi) is 6.19. The summed E-state index contributed by atoms with van der Waals surface area (Å²) < 4.78 is 29.4. The first-order valence-corrected chi connectivity index (χ1v) is 12.0. The van der Waals surface area contributed by atoms with Gasteiger partial charge in [-0.3, -0.25) is 9.48 Å². The molecule has 9 heteroatoms. The van der Waals surface area contributed by atoms with Gasteiger partial charge in [0, 0.05) is 49.7 Å². The summed E-state index contributed by atoms with van der Waals surface area (Å²) in [7, 11) is -3.26. The minimum atomic E-state index is -3.26. The second kappa shape index (κ2) is 8.31. The molecule has 1 amide bonds. The second-order valence-corrected chi connectivity index (χ2v) is 9.58. The first kappa shape index (κ1) is 21.6. The molecule has 2 aromatic rings. The smallest absolute Gasteiger partial charge is 0.270 e. The van der Waals surface area contributed by atoms with Gasteiger partial charge in [0.25, 0.3) is 5.91 Å². The number of carbonyl (C=O) groups is 1. The third-order valence-electron chi connectivity index (χ3n) is 5.74. The largest absolute Gasteiger partial charge is 0.339 e. The maximum absolute atomic E-state index is 13.3. The highest BCUT2D eigenvalue weighted by Gasteiger charge is 2.26. The number of aromatic nitrogens is 3. The fourth-order valence-corrected chi connectivity index (χ4v) is 4.82. The number of amides is 1. The Bertz CT molecular complexity index is 1010. The summed E-state index contributed by atoms with van der Waals surface area (Å²) >= 11 is 0. The lowest BCUT2D eigenvalue weighted by molar-refractivity contribution is 0.0740. The molecule has 0 aromatic carbocycles. The predicted octanol–water partition coefficient (Wildman–Crippen LogP) is 2.15. The Hall–Kier alpha value is -2.13. The van der Waals surface area contributed by atoms with Crippen LogP contribution >= 0.6 is 0 Å². The first-order valence-electron chi connectivity index (χ1n) is 10.1. The second-order valence-electron chi connectivity index (χ2n) is 7.60. The van der Waals surface area contributed by atoms with Crippen LogP contribution < -0.4 is 0 Å². The van der Waals surface area contributed by atoms with Crippen molar-refractivity contribution in [3.05, 3.63) is 40.5 Å². The van der Waals surface area contributed by atoms with Crippen molar-refractivity contribution in [1.29, 1.82) is 0 Å². The molecule has 0 atom stereocenters. The molecule has 0 saturated carbocycles. The van der Waals surface area contributed by atoms with E-state index in [1.807, 2.05) is 47.1 Å². The van der Waals surface area contributed by atoms with Gasteiger partial charge in [0.05, 0.1) is 18.5 Å². The molecule has 0 radical (unpaired) electrons. The van der Waals surface area contributed by atoms with E-state index in [2.05, 4.69) is 12.0 Å². The van der Waals surface area contributed by atoms with Gasteiger partial charge in [0.15, 0.2) is 0 Å². The third-order valence-corrected chi connectivity index (χ3v) is 6.99. The summed E-state index contributed by atoms with van der Waals surface area (Å²) in [6.07, 6.45) is 1.92. The van der Waals surface area contributed by atoms with Crippen LogP contribution in [0.15, 0.2) is 12.1 Å². The van der Waals surface area contributed by atoms with Crippen LogP contribution in [-0.2, 0) is 36.2 Å². The monoisotopic (exact) mass is 421 g/mol. The normalized spacial score (nSPS) is 15.2. The van der Waals surface area contributed by atoms with Crippen LogP contribution in [0.25, 0.3) is 0 Å². The number of hydrogen-bond acceptors (Lipinski definition) is 4. The van der Waals surface area contributed by atoms with Gasteiger partial charge in [0.1, 0.15) is 5.69 Å². The Labute approximate surface area is 173 Å². The average molecular weight is 422 g/mol. The molecule has 29 heavy (non-hydrogen) atoms. The van der Waals surface area contributed by atoms with Crippen molar-refractivity contribution in [2.45, 2.75) is 60.3 Å². The van der Waals surface area contributed by atoms with Crippen molar-refractivity contribution in [1.82, 2.24) is 23.6 Å². The molecular formula is C20H31N5O3S. The van der Waals surface area contributed by atoms with Gasteiger partial charge in [-0.15, -0.1) is 0 Å². The summed E-state index contributed by atoms with van der Waals surface area (Å²) in [4.78, 5) is 15.2. The molecule has 1 aliphatic heterocycles. The van der Waals surface area contributed by atoms with E-state index in [1.165, 1.54) is 10.6 Å². The van der Waals surface area contributed by atoms with E-state index >= 15 is 0 Å². The topological polar surface area (TPSA) is 80.4 Å². The van der Waals surface area contributed by atoms with E-state index in [4.69, 9.17) is 0 Å². The van der Waals surface area contributed by atoms with E-state index in [0.717, 1.165) is 29.2 Å². The number of sulfonamides is 1. The highest BCUT2D eigenvalue weighted by atomic mass is 32.2. The molecule has 3 heterocycles. The summed E-state index contributed by atoms with van der Waals surface area (Å²) in [5, 5.41) is 4.56. The number of rotatable bonds is 6. The van der Waals surface area contributed by atoms with Crippen LogP contribution in [0, 0.1) is 13.8 Å². The van der Waals surface area contributed by atoms with Gasteiger partial charge in [-0.1, -0.05) is 0 Å². The van der Waals surface area contributed by atoms with Crippen molar-refractivity contribution < 1.29 is 13.2 Å². The van der Waals surface area contributed by atoms with Gasteiger partial charge in [-0.05, 0) is 46.2 Å². The van der Waals surface area contributed by atoms with Crippen molar-refractivity contribution in [3.63, 3.8) is 0 Å². The van der Waals surface area contributed by atoms with E-state index in [0.29, 0.717) is 44.8 Å². The molecule has 0 aliphatic carbocycles. The van der Waals surface area contributed by atoms with Crippen LogP contribution in [0.3, 0.4) is 0 Å². The highest BCUT2D eigenvalue weighted by molar-refractivity contribution is 7.88. The van der Waals surface area contributed by atoms with Crippen LogP contribution in [0.4, 0.5) is 0 Å². The fourth-order valence-electron chi connectivity index (χ4n) is 4.00. The number of nitrogens with zero attached hydrogens (tertiary/aromatic N) is 5. The molecule has 3 rings (SSSR count). The van der Waals surface area contributed by atoms with E-state index in [1.54, 1.807) is 0 Å². The van der Waals surface area contributed by atoms with Gasteiger partial charge in [-0.25, -0.2) is 8.42 Å². The molecule has 0 spiro atoms. The van der Waals surface area contributed by atoms with Crippen molar-refractivity contribution in [2.24, 2.45) is 0 Å². The maximum Gasteiger partial charge on any atom is 0.270 e. The van der Waals surface area contributed by atoms with Crippen molar-refractivity contribution in [3.8, 4) is 0 Å². The van der Waals surface area contributed by atoms with Gasteiger partial charge < -0.3 is 9.47 Å². The molecule has 160 valence electrons. The van der Waals surface area contributed by atoms with E-state index in [9.17, 15) is 13.2 Å². The molecule has 2 aromatic heterocycles. The Balaban J connectivity index is 1.87. The lowest BCUT2D eigenvalue weighted by Crippen LogP contribution is -2.32. The van der Waals surface area contributed by atoms with Gasteiger partial charge in [0.2, 0.25) is 10.0 Å². The summed E-state index contributed by atoms with van der Waals surface area (Å²) in [5.41, 5.74) is 4.62. The van der Waals surface area contributed by atoms with E-state index < -0.39 is 10.0 Å². The van der Waals surface area contributed by atoms with Crippen LogP contribution in [0.1, 0.15) is 53.4 Å². The quantitative estimate of drug-likeness (QED) is 0.716. The molecular weight excluding hydrogens is 390 g/mol. The highest BCUT2D eigenvalue weighted by Crippen LogP contribution is 2.22. The van der Waals surface area contributed by atoms with Crippen molar-refractivity contribution >= 4 is 15.9 Å². The Morgan fingerprint density at radius 3 is 2.52 bits per heavy atom. The predicted molar refractivity (Wildman–Crippen MR) is 112 cm³/mol. The van der Waals surface area contributed by atoms with Crippen LogP contribution in [0.2, 0.25) is 0 Å². The third kappa shape index (κ3) is 4.25. The van der Waals surface area contributed by atoms with E-state index in [-0.39, 0.29) is 5.91 Å². The van der Waals surface area contributed by atoms with Crippen LogP contribution in [-0.4, -0.2) is 57.2 Å². The minimum Gasteiger partial charge on any atom is -0.339 e. The maximum atomic E-state index is 13.3. The van der Waals surface area contributed by atoms with Gasteiger partial charge in [-0.2, -0.15) is 9.40 Å². The Morgan fingerprint density at radius 1 is 1.21 bits per heavy atom. The SMILES string of the molecule is CCN(Cc1c(C)nn(CC)c1C)C(=O)c1ccc2n1CCCN(S(C)(=O)=O)C2. The molecule has 0 fully saturated rings. The minimum absolute atomic E-state index is 0.0328. The molecule has 0 saturated heterocycles. The number of aryl methyl sites for hydroxylation is 2. The molecule has 1 aliphatic rings. The standard InChI is InChI=1S/C20H31N5O3S/c1-6-22(14-18-15(3)21-25(7-2)16(18)4)20(26)19-10-9-17-13-23(29(5,27)28)11-8-12-24(17)19/h9-10H,6-8,11-14H2,1-5H3. The zero-order chi connectivity index (χ0) is 21.3. The average Bonchev–Trinajstić information content (AvgIpc) is 3.09. The lowest BCUT2D eigenvalue weighted by Gasteiger charge is -2.22. The number of fused-ring (bicyclic) bond motifs is 1. The van der Waals surface area contributed by atoms with Crippen LogP contribution in [0.5, 0.6) is 0 Å². The molecule has 0 unspecified atom stereocenters. The number of carbonyl (C=O) groups excluding carboxylic acids is 1. The fraction of sp³-hybridized carbons (Fsp3) is 0.600.